The molecule has 6 heteroatoms. The molecule has 0 aliphatic carbocycles. The van der Waals surface area contributed by atoms with Gasteiger partial charge >= 0.3 is 5.97 Å². The Morgan fingerprint density at radius 2 is 1.88 bits per heavy atom. The van der Waals surface area contributed by atoms with Crippen LogP contribution in [-0.4, -0.2) is 52.3 Å². The van der Waals surface area contributed by atoms with Crippen LogP contribution in [0.5, 0.6) is 0 Å². The van der Waals surface area contributed by atoms with Gasteiger partial charge in [-0.2, -0.15) is 0 Å². The quantitative estimate of drug-likeness (QED) is 0.905. The lowest BCUT2D eigenvalue weighted by Gasteiger charge is -2.32. The van der Waals surface area contributed by atoms with E-state index in [0.717, 1.165) is 5.56 Å². The number of hydrogen-bond acceptors (Lipinski definition) is 3. The number of rotatable bonds is 4. The second kappa shape index (κ2) is 7.25. The summed E-state index contributed by atoms with van der Waals surface area (Å²) in [7, 11) is 0. The highest BCUT2D eigenvalue weighted by Crippen LogP contribution is 2.30. The standard InChI is InChI=1S/C19H24N2O4/c1-13(14-6-3-2-4-7-14)21-12-16(10-17(21)22)18(23)20-9-5-8-15(11-20)19(24)25/h2-4,6-7,13,15-16H,5,8-12H2,1H3,(H,24,25)/t13-,15-,16-/m1/s1. The van der Waals surface area contributed by atoms with Crippen LogP contribution in [0, 0.1) is 11.8 Å². The molecule has 0 radical (unpaired) electrons. The Bertz CT molecular complexity index is 661. The molecule has 0 aromatic heterocycles. The molecule has 0 spiro atoms. The summed E-state index contributed by atoms with van der Waals surface area (Å²) >= 11 is 0. The molecular formula is C19H24N2O4. The third-order valence-electron chi connectivity index (χ3n) is 5.34. The van der Waals surface area contributed by atoms with Gasteiger partial charge in [0.2, 0.25) is 11.8 Å². The predicted octanol–water partition coefficient (Wildman–Crippen LogP) is 1.92. The Labute approximate surface area is 147 Å². The number of hydrogen-bond donors (Lipinski definition) is 1. The number of carboxylic acids is 1. The van der Waals surface area contributed by atoms with Crippen molar-refractivity contribution in [1.29, 1.82) is 0 Å². The molecule has 0 unspecified atom stereocenters. The number of likely N-dealkylation sites (tertiary alicyclic amines) is 2. The SMILES string of the molecule is C[C@H](c1ccccc1)N1C[C@H](C(=O)N2CCC[C@@H](C(=O)O)C2)CC1=O. The molecule has 3 atom stereocenters. The van der Waals surface area contributed by atoms with E-state index >= 15 is 0 Å². The van der Waals surface area contributed by atoms with Crippen molar-refractivity contribution in [3.05, 3.63) is 35.9 Å². The number of nitrogens with zero attached hydrogens (tertiary/aromatic N) is 2. The van der Waals surface area contributed by atoms with Crippen LogP contribution in [0.3, 0.4) is 0 Å². The zero-order valence-electron chi connectivity index (χ0n) is 14.4. The number of piperidine rings is 1. The smallest absolute Gasteiger partial charge is 0.308 e. The average molecular weight is 344 g/mol. The highest BCUT2D eigenvalue weighted by molar-refractivity contribution is 5.89. The van der Waals surface area contributed by atoms with Gasteiger partial charge in [-0.1, -0.05) is 30.3 Å². The summed E-state index contributed by atoms with van der Waals surface area (Å²) in [5, 5.41) is 9.19. The zero-order valence-corrected chi connectivity index (χ0v) is 14.4. The molecule has 2 amide bonds. The fourth-order valence-electron chi connectivity index (χ4n) is 3.82. The second-order valence-electron chi connectivity index (χ2n) is 7.00. The Hall–Kier alpha value is -2.37. The van der Waals surface area contributed by atoms with E-state index < -0.39 is 11.9 Å². The van der Waals surface area contributed by atoms with Gasteiger partial charge in [-0.15, -0.1) is 0 Å². The van der Waals surface area contributed by atoms with Crippen LogP contribution in [0.4, 0.5) is 0 Å². The van der Waals surface area contributed by atoms with E-state index in [9.17, 15) is 19.5 Å². The highest BCUT2D eigenvalue weighted by atomic mass is 16.4. The van der Waals surface area contributed by atoms with E-state index in [0.29, 0.717) is 25.9 Å². The maximum Gasteiger partial charge on any atom is 0.308 e. The minimum Gasteiger partial charge on any atom is -0.481 e. The van der Waals surface area contributed by atoms with Crippen LogP contribution in [0.2, 0.25) is 0 Å². The van der Waals surface area contributed by atoms with Crippen molar-refractivity contribution in [1.82, 2.24) is 9.80 Å². The van der Waals surface area contributed by atoms with E-state index in [1.165, 1.54) is 0 Å². The summed E-state index contributed by atoms with van der Waals surface area (Å²) in [6, 6.07) is 9.71. The molecule has 134 valence electrons. The van der Waals surface area contributed by atoms with Gasteiger partial charge in [-0.05, 0) is 25.3 Å². The van der Waals surface area contributed by atoms with Crippen LogP contribution in [-0.2, 0) is 14.4 Å². The van der Waals surface area contributed by atoms with Crippen molar-refractivity contribution in [3.8, 4) is 0 Å². The van der Waals surface area contributed by atoms with Gasteiger partial charge in [0.1, 0.15) is 0 Å². The molecule has 3 rings (SSSR count). The lowest BCUT2D eigenvalue weighted by Crippen LogP contribution is -2.45. The first-order valence-corrected chi connectivity index (χ1v) is 8.83. The lowest BCUT2D eigenvalue weighted by molar-refractivity contribution is -0.146. The van der Waals surface area contributed by atoms with Crippen LogP contribution < -0.4 is 0 Å². The number of carbonyl (C=O) groups excluding carboxylic acids is 2. The molecule has 2 aliphatic heterocycles. The molecule has 1 N–H and O–H groups in total. The first-order valence-electron chi connectivity index (χ1n) is 8.83. The maximum absolute atomic E-state index is 12.8. The topological polar surface area (TPSA) is 77.9 Å². The van der Waals surface area contributed by atoms with Crippen molar-refractivity contribution in [2.75, 3.05) is 19.6 Å². The second-order valence-corrected chi connectivity index (χ2v) is 7.00. The van der Waals surface area contributed by atoms with Gasteiger partial charge in [-0.25, -0.2) is 0 Å². The van der Waals surface area contributed by atoms with Gasteiger partial charge in [0.25, 0.3) is 0 Å². The largest absolute Gasteiger partial charge is 0.481 e. The van der Waals surface area contributed by atoms with Crippen molar-refractivity contribution in [2.24, 2.45) is 11.8 Å². The molecule has 0 bridgehead atoms. The zero-order chi connectivity index (χ0) is 18.0. The normalized spacial score (nSPS) is 25.1. The Morgan fingerprint density at radius 1 is 1.16 bits per heavy atom. The molecule has 1 aromatic rings. The van der Waals surface area contributed by atoms with Gasteiger partial charge in [0, 0.05) is 26.1 Å². The summed E-state index contributed by atoms with van der Waals surface area (Å²) in [6.45, 7) is 3.22. The van der Waals surface area contributed by atoms with E-state index in [1.54, 1.807) is 9.80 Å². The summed E-state index contributed by atoms with van der Waals surface area (Å²) in [4.78, 5) is 39.8. The third-order valence-corrected chi connectivity index (χ3v) is 5.34. The van der Waals surface area contributed by atoms with Gasteiger partial charge < -0.3 is 14.9 Å². The van der Waals surface area contributed by atoms with Gasteiger partial charge in [-0.3, -0.25) is 14.4 Å². The van der Waals surface area contributed by atoms with Crippen molar-refractivity contribution in [2.45, 2.75) is 32.2 Å². The Morgan fingerprint density at radius 3 is 2.56 bits per heavy atom. The molecule has 2 saturated heterocycles. The van der Waals surface area contributed by atoms with Crippen LogP contribution in [0.15, 0.2) is 30.3 Å². The monoisotopic (exact) mass is 344 g/mol. The van der Waals surface area contributed by atoms with E-state index in [2.05, 4.69) is 0 Å². The molecular weight excluding hydrogens is 320 g/mol. The third kappa shape index (κ3) is 3.67. The minimum absolute atomic E-state index is 0.0125. The number of carbonyl (C=O) groups is 3. The molecule has 0 saturated carbocycles. The predicted molar refractivity (Wildman–Crippen MR) is 91.6 cm³/mol. The fraction of sp³-hybridized carbons (Fsp3) is 0.526. The number of benzene rings is 1. The lowest BCUT2D eigenvalue weighted by atomic mass is 9.96. The first kappa shape index (κ1) is 17.5. The van der Waals surface area contributed by atoms with Crippen molar-refractivity contribution in [3.63, 3.8) is 0 Å². The van der Waals surface area contributed by atoms with Crippen molar-refractivity contribution >= 4 is 17.8 Å². The summed E-state index contributed by atoms with van der Waals surface area (Å²) < 4.78 is 0. The Balaban J connectivity index is 1.65. The molecule has 6 nitrogen and oxygen atoms in total. The van der Waals surface area contributed by atoms with Crippen LogP contribution in [0.25, 0.3) is 0 Å². The molecule has 1 aromatic carbocycles. The maximum atomic E-state index is 12.8. The number of aliphatic carboxylic acids is 1. The van der Waals surface area contributed by atoms with E-state index in [1.807, 2.05) is 37.3 Å². The van der Waals surface area contributed by atoms with Crippen LogP contribution >= 0.6 is 0 Å². The molecule has 2 heterocycles. The number of carboxylic acid groups (broad SMARTS) is 1. The minimum atomic E-state index is -0.848. The molecule has 2 aliphatic rings. The summed E-state index contributed by atoms with van der Waals surface area (Å²) in [5.41, 5.74) is 1.05. The first-order chi connectivity index (χ1) is 12.0. The van der Waals surface area contributed by atoms with Crippen molar-refractivity contribution < 1.29 is 19.5 Å². The van der Waals surface area contributed by atoms with Gasteiger partial charge in [0.15, 0.2) is 0 Å². The highest BCUT2D eigenvalue weighted by Gasteiger charge is 2.40. The van der Waals surface area contributed by atoms with Gasteiger partial charge in [0.05, 0.1) is 17.9 Å². The fourth-order valence-corrected chi connectivity index (χ4v) is 3.82. The van der Waals surface area contributed by atoms with E-state index in [4.69, 9.17) is 0 Å². The number of amides is 2. The Kier molecular flexibility index (Phi) is 5.06. The molecule has 2 fully saturated rings. The average Bonchev–Trinajstić information content (AvgIpc) is 3.03. The summed E-state index contributed by atoms with van der Waals surface area (Å²) in [6.07, 6.45) is 1.53. The summed E-state index contributed by atoms with van der Waals surface area (Å²) in [5.74, 6) is -1.80. The van der Waals surface area contributed by atoms with Crippen LogP contribution in [0.1, 0.15) is 37.8 Å². The molecule has 25 heavy (non-hydrogen) atoms. The van der Waals surface area contributed by atoms with E-state index in [-0.39, 0.29) is 36.7 Å².